The molecule has 8 nitrogen and oxygen atoms in total. The van der Waals surface area contributed by atoms with Gasteiger partial charge in [0.05, 0.1) is 34.2 Å². The van der Waals surface area contributed by atoms with Crippen molar-refractivity contribution in [1.29, 1.82) is 0 Å². The molecule has 2 rings (SSSR count). The summed E-state index contributed by atoms with van der Waals surface area (Å²) in [6, 6.07) is 9.67. The van der Waals surface area contributed by atoms with Crippen LogP contribution in [0.2, 0.25) is 0 Å². The summed E-state index contributed by atoms with van der Waals surface area (Å²) >= 11 is 0. The number of sulfonamides is 1. The van der Waals surface area contributed by atoms with Crippen molar-refractivity contribution < 1.29 is 27.4 Å². The van der Waals surface area contributed by atoms with E-state index in [2.05, 4.69) is 9.93 Å². The molecule has 0 saturated heterocycles. The summed E-state index contributed by atoms with van der Waals surface area (Å²) in [5.41, 5.74) is 0.646. The zero-order chi connectivity index (χ0) is 20.6. The summed E-state index contributed by atoms with van der Waals surface area (Å²) in [7, 11) is 0.440. The van der Waals surface area contributed by atoms with Crippen LogP contribution in [0, 0.1) is 0 Å². The molecule has 1 N–H and O–H groups in total. The fourth-order valence-electron chi connectivity index (χ4n) is 2.31. The molecule has 0 spiro atoms. The van der Waals surface area contributed by atoms with Gasteiger partial charge in [0, 0.05) is 6.07 Å². The van der Waals surface area contributed by atoms with Crippen molar-refractivity contribution in [2.24, 2.45) is 5.10 Å². The van der Waals surface area contributed by atoms with Crippen LogP contribution in [0.1, 0.15) is 18.9 Å². The molecule has 0 saturated carbocycles. The highest BCUT2D eigenvalue weighted by Gasteiger charge is 2.20. The monoisotopic (exact) mass is 408 g/mol. The highest BCUT2D eigenvalue weighted by Crippen LogP contribution is 2.29. The molecule has 152 valence electrons. The average Bonchev–Trinajstić information content (AvgIpc) is 2.71. The first kappa shape index (κ1) is 21.4. The van der Waals surface area contributed by atoms with Crippen LogP contribution in [0.4, 0.5) is 0 Å². The smallest absolute Gasteiger partial charge is 0.280 e. The molecule has 0 bridgehead atoms. The number of methoxy groups -OCH3 is 3. The van der Waals surface area contributed by atoms with E-state index in [1.807, 2.05) is 6.92 Å². The van der Waals surface area contributed by atoms with Crippen molar-refractivity contribution in [1.82, 2.24) is 4.83 Å². The third-order valence-electron chi connectivity index (χ3n) is 3.70. The predicted molar refractivity (Wildman–Crippen MR) is 106 cm³/mol. The van der Waals surface area contributed by atoms with Gasteiger partial charge in [0.1, 0.15) is 16.4 Å². The predicted octanol–water partition coefficient (Wildman–Crippen LogP) is 2.81. The summed E-state index contributed by atoms with van der Waals surface area (Å²) in [6.07, 6.45) is 2.23. The maximum atomic E-state index is 12.6. The molecule has 0 fully saturated rings. The Hall–Kier alpha value is -2.94. The van der Waals surface area contributed by atoms with Gasteiger partial charge in [0.2, 0.25) is 0 Å². The Labute approximate surface area is 165 Å². The second-order valence-electron chi connectivity index (χ2n) is 5.63. The van der Waals surface area contributed by atoms with Gasteiger partial charge in [0.25, 0.3) is 10.0 Å². The third-order valence-corrected chi connectivity index (χ3v) is 4.94. The number of nitrogens with zero attached hydrogens (tertiary/aromatic N) is 1. The van der Waals surface area contributed by atoms with Crippen LogP contribution in [0.25, 0.3) is 0 Å². The van der Waals surface area contributed by atoms with Gasteiger partial charge in [-0.15, -0.1) is 0 Å². The number of hydrogen-bond donors (Lipinski definition) is 1. The number of benzene rings is 2. The van der Waals surface area contributed by atoms with Crippen LogP contribution in [0.15, 0.2) is 46.4 Å². The fraction of sp³-hybridized carbons (Fsp3) is 0.316. The van der Waals surface area contributed by atoms with Crippen LogP contribution in [-0.2, 0) is 10.0 Å². The van der Waals surface area contributed by atoms with Crippen LogP contribution in [0.3, 0.4) is 0 Å². The summed E-state index contributed by atoms with van der Waals surface area (Å²) in [5.74, 6) is 1.72. The first-order chi connectivity index (χ1) is 13.4. The van der Waals surface area contributed by atoms with Gasteiger partial charge in [-0.2, -0.15) is 18.4 Å². The molecule has 0 aliphatic heterocycles. The lowest BCUT2D eigenvalue weighted by Gasteiger charge is -2.11. The van der Waals surface area contributed by atoms with Crippen molar-refractivity contribution in [3.63, 3.8) is 0 Å². The number of hydrazone groups is 1. The SMILES string of the molecule is CCCOc1cc(/C=N/NS(=O)(=O)c2cc(OC)ccc2OC)ccc1OC. The van der Waals surface area contributed by atoms with E-state index >= 15 is 0 Å². The van der Waals surface area contributed by atoms with Gasteiger partial charge in [-0.05, 0) is 42.3 Å². The highest BCUT2D eigenvalue weighted by molar-refractivity contribution is 7.89. The molecule has 0 unspecified atom stereocenters. The van der Waals surface area contributed by atoms with Crippen molar-refractivity contribution in [3.8, 4) is 23.0 Å². The van der Waals surface area contributed by atoms with Crippen molar-refractivity contribution >= 4 is 16.2 Å². The van der Waals surface area contributed by atoms with Crippen molar-refractivity contribution in [3.05, 3.63) is 42.0 Å². The summed E-state index contributed by atoms with van der Waals surface area (Å²) in [4.78, 5) is 2.10. The molecule has 2 aromatic carbocycles. The summed E-state index contributed by atoms with van der Waals surface area (Å²) < 4.78 is 46.2. The van der Waals surface area contributed by atoms with E-state index in [4.69, 9.17) is 18.9 Å². The molecule has 0 radical (unpaired) electrons. The van der Waals surface area contributed by atoms with Crippen LogP contribution in [-0.4, -0.2) is 42.6 Å². The molecule has 28 heavy (non-hydrogen) atoms. The molecule has 2 aromatic rings. The summed E-state index contributed by atoms with van der Waals surface area (Å²) in [5, 5.41) is 3.84. The van der Waals surface area contributed by atoms with E-state index in [9.17, 15) is 8.42 Å². The van der Waals surface area contributed by atoms with Crippen molar-refractivity contribution in [2.75, 3.05) is 27.9 Å². The zero-order valence-corrected chi connectivity index (χ0v) is 17.1. The first-order valence-electron chi connectivity index (χ1n) is 8.53. The molecule has 0 atom stereocenters. The molecule has 0 aliphatic rings. The molecule has 0 amide bonds. The minimum Gasteiger partial charge on any atom is -0.497 e. The van der Waals surface area contributed by atoms with Gasteiger partial charge >= 0.3 is 0 Å². The average molecular weight is 408 g/mol. The molecule has 0 heterocycles. The lowest BCUT2D eigenvalue weighted by Crippen LogP contribution is -2.19. The minimum absolute atomic E-state index is 0.0757. The van der Waals surface area contributed by atoms with Crippen LogP contribution < -0.4 is 23.8 Å². The Morgan fingerprint density at radius 1 is 0.964 bits per heavy atom. The van der Waals surface area contributed by atoms with E-state index in [1.165, 1.54) is 32.6 Å². The molecule has 0 aromatic heterocycles. The fourth-order valence-corrected chi connectivity index (χ4v) is 3.29. The highest BCUT2D eigenvalue weighted by atomic mass is 32.2. The zero-order valence-electron chi connectivity index (χ0n) is 16.3. The molecular weight excluding hydrogens is 384 g/mol. The Bertz CT molecular complexity index is 928. The number of ether oxygens (including phenoxy) is 4. The van der Waals surface area contributed by atoms with Gasteiger partial charge in [0.15, 0.2) is 11.5 Å². The Morgan fingerprint density at radius 3 is 2.32 bits per heavy atom. The summed E-state index contributed by atoms with van der Waals surface area (Å²) in [6.45, 7) is 2.54. The van der Waals surface area contributed by atoms with E-state index in [-0.39, 0.29) is 10.6 Å². The van der Waals surface area contributed by atoms with E-state index < -0.39 is 10.0 Å². The largest absolute Gasteiger partial charge is 0.497 e. The van der Waals surface area contributed by atoms with Gasteiger partial charge < -0.3 is 18.9 Å². The van der Waals surface area contributed by atoms with E-state index in [0.717, 1.165) is 6.42 Å². The van der Waals surface area contributed by atoms with Crippen molar-refractivity contribution in [2.45, 2.75) is 18.2 Å². The van der Waals surface area contributed by atoms with E-state index in [1.54, 1.807) is 31.4 Å². The minimum atomic E-state index is -3.95. The normalized spacial score (nSPS) is 11.3. The van der Waals surface area contributed by atoms with Gasteiger partial charge in [-0.3, -0.25) is 0 Å². The lowest BCUT2D eigenvalue weighted by molar-refractivity contribution is 0.294. The molecular formula is C19H24N2O6S. The second kappa shape index (κ2) is 9.84. The quantitative estimate of drug-likeness (QED) is 0.480. The standard InChI is InChI=1S/C19H24N2O6S/c1-5-10-27-18-11-14(6-8-16(18)25-3)13-20-21-28(22,23)19-12-15(24-2)7-9-17(19)26-4/h6-9,11-13,21H,5,10H2,1-4H3/b20-13+. The topological polar surface area (TPSA) is 95.5 Å². The maximum absolute atomic E-state index is 12.6. The second-order valence-corrected chi connectivity index (χ2v) is 7.26. The Morgan fingerprint density at radius 2 is 1.68 bits per heavy atom. The van der Waals surface area contributed by atoms with Gasteiger partial charge in [-0.25, -0.2) is 0 Å². The third kappa shape index (κ3) is 5.29. The number of nitrogens with one attached hydrogen (secondary N) is 1. The van der Waals surface area contributed by atoms with Gasteiger partial charge in [-0.1, -0.05) is 6.92 Å². The van der Waals surface area contributed by atoms with Crippen LogP contribution in [0.5, 0.6) is 23.0 Å². The Kier molecular flexibility index (Phi) is 7.51. The maximum Gasteiger partial charge on any atom is 0.280 e. The number of hydrogen-bond acceptors (Lipinski definition) is 7. The Balaban J connectivity index is 2.22. The lowest BCUT2D eigenvalue weighted by atomic mass is 10.2. The van der Waals surface area contributed by atoms with Crippen LogP contribution >= 0.6 is 0 Å². The number of rotatable bonds is 10. The molecule has 9 heteroatoms. The van der Waals surface area contributed by atoms with E-state index in [0.29, 0.717) is 29.4 Å². The first-order valence-corrected chi connectivity index (χ1v) is 10.0. The molecule has 0 aliphatic carbocycles.